The molecule has 156 valence electrons. The first-order valence-electron chi connectivity index (χ1n) is 10.5. The zero-order valence-electron chi connectivity index (χ0n) is 17.3. The second kappa shape index (κ2) is 9.13. The fraction of sp³-hybridized carbons (Fsp3) is 0.375. The van der Waals surface area contributed by atoms with Crippen LogP contribution in [0.25, 0.3) is 22.0 Å². The number of thioether (sulfide) groups is 1. The van der Waals surface area contributed by atoms with Gasteiger partial charge in [0, 0.05) is 22.4 Å². The Morgan fingerprint density at radius 3 is 2.57 bits per heavy atom. The molecule has 1 aliphatic carbocycles. The summed E-state index contributed by atoms with van der Waals surface area (Å²) in [4.78, 5) is 12.6. The van der Waals surface area contributed by atoms with E-state index in [1.54, 1.807) is 12.1 Å². The number of rotatable bonds is 5. The standard InChI is InChI=1S/C24H26FN3OS/c1-15-6-5-9-21(16(15)2)26-22(29)14-30-24-20-8-4-3-7-19(20)23(27-28-24)17-10-12-18(25)13-11-17/h3-4,7-8,10-13,15-16,21H,5-6,9,14H2,1-2H3,(H,26,29)/t15-,16+,21+/m1/s1. The van der Waals surface area contributed by atoms with Gasteiger partial charge in [0.05, 0.1) is 5.75 Å². The Kier molecular flexibility index (Phi) is 6.32. The highest BCUT2D eigenvalue weighted by atomic mass is 32.2. The number of benzene rings is 2. The van der Waals surface area contributed by atoms with E-state index < -0.39 is 0 Å². The molecule has 1 aliphatic rings. The summed E-state index contributed by atoms with van der Waals surface area (Å²) in [6, 6.07) is 14.4. The summed E-state index contributed by atoms with van der Waals surface area (Å²) in [5.74, 6) is 1.22. The third-order valence-electron chi connectivity index (χ3n) is 6.16. The maximum Gasteiger partial charge on any atom is 0.230 e. The maximum absolute atomic E-state index is 13.3. The average molecular weight is 424 g/mol. The molecule has 4 nitrogen and oxygen atoms in total. The summed E-state index contributed by atoms with van der Waals surface area (Å²) in [6.07, 6.45) is 3.46. The van der Waals surface area contributed by atoms with Crippen molar-refractivity contribution >= 4 is 28.4 Å². The van der Waals surface area contributed by atoms with Crippen LogP contribution < -0.4 is 5.32 Å². The van der Waals surface area contributed by atoms with Crippen molar-refractivity contribution in [3.8, 4) is 11.3 Å². The first-order chi connectivity index (χ1) is 14.5. The fourth-order valence-corrected chi connectivity index (χ4v) is 4.96. The molecular weight excluding hydrogens is 397 g/mol. The van der Waals surface area contributed by atoms with Gasteiger partial charge >= 0.3 is 0 Å². The van der Waals surface area contributed by atoms with Gasteiger partial charge in [-0.25, -0.2) is 4.39 Å². The van der Waals surface area contributed by atoms with Gasteiger partial charge in [0.15, 0.2) is 0 Å². The molecule has 0 unspecified atom stereocenters. The number of aromatic nitrogens is 2. The minimum absolute atomic E-state index is 0.0412. The van der Waals surface area contributed by atoms with E-state index in [-0.39, 0.29) is 17.8 Å². The lowest BCUT2D eigenvalue weighted by molar-refractivity contribution is -0.119. The van der Waals surface area contributed by atoms with Crippen LogP contribution in [0, 0.1) is 17.7 Å². The van der Waals surface area contributed by atoms with Crippen LogP contribution in [0.1, 0.15) is 33.1 Å². The molecule has 1 fully saturated rings. The van der Waals surface area contributed by atoms with Gasteiger partial charge in [-0.05, 0) is 42.5 Å². The predicted octanol–water partition coefficient (Wildman–Crippen LogP) is 5.47. The van der Waals surface area contributed by atoms with Crippen LogP contribution in [-0.4, -0.2) is 27.9 Å². The van der Waals surface area contributed by atoms with Gasteiger partial charge < -0.3 is 5.32 Å². The Morgan fingerprint density at radius 2 is 1.80 bits per heavy atom. The number of nitrogens with one attached hydrogen (secondary N) is 1. The van der Waals surface area contributed by atoms with Crippen molar-refractivity contribution in [3.05, 3.63) is 54.3 Å². The van der Waals surface area contributed by atoms with Crippen molar-refractivity contribution in [2.45, 2.75) is 44.2 Å². The van der Waals surface area contributed by atoms with Crippen molar-refractivity contribution in [2.24, 2.45) is 11.8 Å². The summed E-state index contributed by atoms with van der Waals surface area (Å²) in [7, 11) is 0. The van der Waals surface area contributed by atoms with Gasteiger partial charge in [0.2, 0.25) is 5.91 Å². The molecule has 1 amide bonds. The number of fused-ring (bicyclic) bond motifs is 1. The number of hydrogen-bond donors (Lipinski definition) is 1. The molecule has 0 radical (unpaired) electrons. The van der Waals surface area contributed by atoms with E-state index in [4.69, 9.17) is 0 Å². The Morgan fingerprint density at radius 1 is 1.07 bits per heavy atom. The van der Waals surface area contributed by atoms with E-state index >= 15 is 0 Å². The number of halogens is 1. The number of amides is 1. The number of carbonyl (C=O) groups is 1. The van der Waals surface area contributed by atoms with Crippen LogP contribution >= 0.6 is 11.8 Å². The number of hydrogen-bond acceptors (Lipinski definition) is 4. The molecule has 0 aliphatic heterocycles. The van der Waals surface area contributed by atoms with Crippen LogP contribution in [0.3, 0.4) is 0 Å². The quantitative estimate of drug-likeness (QED) is 0.553. The van der Waals surface area contributed by atoms with Crippen LogP contribution in [0.4, 0.5) is 4.39 Å². The summed E-state index contributed by atoms with van der Waals surface area (Å²) in [5.41, 5.74) is 1.53. The van der Waals surface area contributed by atoms with E-state index in [1.165, 1.54) is 36.7 Å². The van der Waals surface area contributed by atoms with Crippen molar-refractivity contribution < 1.29 is 9.18 Å². The van der Waals surface area contributed by atoms with Gasteiger partial charge in [-0.3, -0.25) is 4.79 Å². The smallest absolute Gasteiger partial charge is 0.230 e. The summed E-state index contributed by atoms with van der Waals surface area (Å²) in [5, 5.41) is 14.6. The second-order valence-electron chi connectivity index (χ2n) is 8.14. The Balaban J connectivity index is 1.50. The first kappa shape index (κ1) is 20.8. The fourth-order valence-electron chi connectivity index (χ4n) is 4.17. The van der Waals surface area contributed by atoms with Gasteiger partial charge in [0.25, 0.3) is 0 Å². The van der Waals surface area contributed by atoms with Crippen molar-refractivity contribution in [3.63, 3.8) is 0 Å². The Labute approximate surface area is 180 Å². The molecule has 1 heterocycles. The molecule has 4 rings (SSSR count). The molecule has 6 heteroatoms. The maximum atomic E-state index is 13.3. The first-order valence-corrected chi connectivity index (χ1v) is 11.4. The molecule has 30 heavy (non-hydrogen) atoms. The molecule has 0 saturated heterocycles. The van der Waals surface area contributed by atoms with Crippen LogP contribution in [-0.2, 0) is 4.79 Å². The topological polar surface area (TPSA) is 54.9 Å². The summed E-state index contributed by atoms with van der Waals surface area (Å²) >= 11 is 1.41. The van der Waals surface area contributed by atoms with E-state index in [0.717, 1.165) is 27.8 Å². The Hall–Kier alpha value is -2.47. The van der Waals surface area contributed by atoms with Gasteiger partial charge in [-0.15, -0.1) is 10.2 Å². The van der Waals surface area contributed by atoms with E-state index in [9.17, 15) is 9.18 Å². The van der Waals surface area contributed by atoms with Crippen molar-refractivity contribution in [1.29, 1.82) is 0 Å². The lowest BCUT2D eigenvalue weighted by atomic mass is 9.78. The van der Waals surface area contributed by atoms with E-state index in [0.29, 0.717) is 23.3 Å². The lowest BCUT2D eigenvalue weighted by Gasteiger charge is -2.34. The third-order valence-corrected chi connectivity index (χ3v) is 7.15. The largest absolute Gasteiger partial charge is 0.352 e. The molecule has 3 atom stereocenters. The predicted molar refractivity (Wildman–Crippen MR) is 120 cm³/mol. The van der Waals surface area contributed by atoms with Crippen molar-refractivity contribution in [1.82, 2.24) is 15.5 Å². The van der Waals surface area contributed by atoms with Crippen LogP contribution in [0.15, 0.2) is 53.6 Å². The number of carbonyl (C=O) groups excluding carboxylic acids is 1. The number of nitrogens with zero attached hydrogens (tertiary/aromatic N) is 2. The molecule has 1 N–H and O–H groups in total. The minimum atomic E-state index is -0.282. The average Bonchev–Trinajstić information content (AvgIpc) is 2.76. The monoisotopic (exact) mass is 423 g/mol. The lowest BCUT2D eigenvalue weighted by Crippen LogP contribution is -2.44. The van der Waals surface area contributed by atoms with Crippen LogP contribution in [0.2, 0.25) is 0 Å². The van der Waals surface area contributed by atoms with Crippen LogP contribution in [0.5, 0.6) is 0 Å². The molecule has 3 aromatic rings. The molecule has 1 saturated carbocycles. The van der Waals surface area contributed by atoms with E-state index in [1.807, 2.05) is 24.3 Å². The highest BCUT2D eigenvalue weighted by molar-refractivity contribution is 8.00. The summed E-state index contributed by atoms with van der Waals surface area (Å²) < 4.78 is 13.3. The third kappa shape index (κ3) is 4.48. The Bertz CT molecular complexity index is 1040. The highest BCUT2D eigenvalue weighted by Gasteiger charge is 2.28. The minimum Gasteiger partial charge on any atom is -0.352 e. The molecular formula is C24H26FN3OS. The van der Waals surface area contributed by atoms with E-state index in [2.05, 4.69) is 29.4 Å². The van der Waals surface area contributed by atoms with Crippen molar-refractivity contribution in [2.75, 3.05) is 5.75 Å². The second-order valence-corrected chi connectivity index (χ2v) is 9.10. The van der Waals surface area contributed by atoms with Gasteiger partial charge in [-0.2, -0.15) is 0 Å². The molecule has 1 aromatic heterocycles. The SMILES string of the molecule is C[C@H]1[C@H](C)CCC[C@@H]1NC(=O)CSc1nnc(-c2ccc(F)cc2)c2ccccc12. The zero-order valence-corrected chi connectivity index (χ0v) is 18.1. The van der Waals surface area contributed by atoms with Gasteiger partial charge in [0.1, 0.15) is 16.5 Å². The highest BCUT2D eigenvalue weighted by Crippen LogP contribution is 2.32. The summed E-state index contributed by atoms with van der Waals surface area (Å²) in [6.45, 7) is 4.50. The normalized spacial score (nSPS) is 21.5. The zero-order chi connectivity index (χ0) is 21.1. The molecule has 0 spiro atoms. The molecule has 2 aromatic carbocycles. The molecule has 0 bridgehead atoms. The van der Waals surface area contributed by atoms with Gasteiger partial charge in [-0.1, -0.05) is 62.7 Å².